The van der Waals surface area contributed by atoms with Gasteiger partial charge in [0.05, 0.1) is 32.4 Å². The summed E-state index contributed by atoms with van der Waals surface area (Å²) in [6.45, 7) is 3.99. The van der Waals surface area contributed by atoms with Crippen molar-refractivity contribution in [2.75, 3.05) is 46.1 Å². The van der Waals surface area contributed by atoms with Crippen LogP contribution in [0.2, 0.25) is 0 Å². The fourth-order valence-corrected chi connectivity index (χ4v) is 2.22. The van der Waals surface area contributed by atoms with Gasteiger partial charge in [-0.05, 0) is 24.3 Å². The van der Waals surface area contributed by atoms with Gasteiger partial charge in [-0.15, -0.1) is 0 Å². The molecular formula is C16H22N2O3. The zero-order valence-electron chi connectivity index (χ0n) is 12.1. The summed E-state index contributed by atoms with van der Waals surface area (Å²) in [7, 11) is 0. The maximum Gasteiger partial charge on any atom is 0.119 e. The van der Waals surface area contributed by atoms with Crippen LogP contribution in [-0.2, 0) is 4.74 Å². The SMILES string of the molecule is NCC#Cc1ccc(OCCN2CCOCC2CO)cc1. The molecule has 5 heteroatoms. The van der Waals surface area contributed by atoms with E-state index in [1.807, 2.05) is 24.3 Å². The van der Waals surface area contributed by atoms with Gasteiger partial charge in [0.25, 0.3) is 0 Å². The van der Waals surface area contributed by atoms with Gasteiger partial charge in [-0.1, -0.05) is 11.8 Å². The lowest BCUT2D eigenvalue weighted by molar-refractivity contribution is -0.0312. The smallest absolute Gasteiger partial charge is 0.119 e. The number of nitrogens with two attached hydrogens (primary N) is 1. The minimum Gasteiger partial charge on any atom is -0.492 e. The number of aliphatic hydroxyl groups is 1. The van der Waals surface area contributed by atoms with Crippen LogP contribution in [0.25, 0.3) is 0 Å². The molecule has 0 saturated carbocycles. The molecule has 1 saturated heterocycles. The molecule has 21 heavy (non-hydrogen) atoms. The summed E-state index contributed by atoms with van der Waals surface area (Å²) in [6, 6.07) is 7.73. The first-order chi connectivity index (χ1) is 10.3. The van der Waals surface area contributed by atoms with Gasteiger partial charge in [-0.25, -0.2) is 0 Å². The first-order valence-corrected chi connectivity index (χ1v) is 7.18. The van der Waals surface area contributed by atoms with Crippen molar-refractivity contribution < 1.29 is 14.6 Å². The van der Waals surface area contributed by atoms with Crippen LogP contribution in [-0.4, -0.2) is 62.1 Å². The molecule has 0 spiro atoms. The topological polar surface area (TPSA) is 68.0 Å². The summed E-state index contributed by atoms with van der Waals surface area (Å²) in [5.74, 6) is 6.61. The molecule has 5 nitrogen and oxygen atoms in total. The number of hydrogen-bond acceptors (Lipinski definition) is 5. The standard InChI is InChI=1S/C16H22N2O3/c17-7-1-2-14-3-5-16(6-4-14)21-11-9-18-8-10-20-13-15(18)12-19/h3-6,15,19H,7-13,17H2. The summed E-state index contributed by atoms with van der Waals surface area (Å²) in [5, 5.41) is 9.29. The molecule has 0 aliphatic carbocycles. The number of nitrogens with zero attached hydrogens (tertiary/aromatic N) is 1. The third-order valence-electron chi connectivity index (χ3n) is 3.40. The third-order valence-corrected chi connectivity index (χ3v) is 3.40. The molecule has 1 aromatic rings. The van der Waals surface area contributed by atoms with E-state index < -0.39 is 0 Å². The van der Waals surface area contributed by atoms with Gasteiger partial charge in [0, 0.05) is 18.7 Å². The molecule has 1 heterocycles. The minimum absolute atomic E-state index is 0.0799. The Morgan fingerprint density at radius 3 is 2.90 bits per heavy atom. The van der Waals surface area contributed by atoms with Crippen LogP contribution in [0, 0.1) is 11.8 Å². The van der Waals surface area contributed by atoms with Crippen molar-refractivity contribution in [2.45, 2.75) is 6.04 Å². The molecule has 3 N–H and O–H groups in total. The van der Waals surface area contributed by atoms with E-state index in [0.717, 1.165) is 24.4 Å². The van der Waals surface area contributed by atoms with Gasteiger partial charge in [0.15, 0.2) is 0 Å². The second kappa shape index (κ2) is 8.65. The highest BCUT2D eigenvalue weighted by Gasteiger charge is 2.21. The lowest BCUT2D eigenvalue weighted by Crippen LogP contribution is -2.48. The molecule has 1 fully saturated rings. The molecule has 0 aromatic heterocycles. The van der Waals surface area contributed by atoms with Gasteiger partial charge >= 0.3 is 0 Å². The van der Waals surface area contributed by atoms with Crippen LogP contribution >= 0.6 is 0 Å². The molecule has 1 aliphatic rings. The lowest BCUT2D eigenvalue weighted by Gasteiger charge is -2.34. The number of aliphatic hydroxyl groups excluding tert-OH is 1. The van der Waals surface area contributed by atoms with E-state index >= 15 is 0 Å². The third kappa shape index (κ3) is 5.03. The normalized spacial score (nSPS) is 18.9. The zero-order chi connectivity index (χ0) is 14.9. The highest BCUT2D eigenvalue weighted by atomic mass is 16.5. The average molecular weight is 290 g/mol. The number of ether oxygens (including phenoxy) is 2. The Morgan fingerprint density at radius 2 is 2.19 bits per heavy atom. The zero-order valence-corrected chi connectivity index (χ0v) is 12.1. The number of rotatable bonds is 5. The maximum atomic E-state index is 9.29. The Bertz CT molecular complexity index is 479. The van der Waals surface area contributed by atoms with Crippen LogP contribution in [0.5, 0.6) is 5.75 Å². The van der Waals surface area contributed by atoms with Gasteiger partial charge in [0.1, 0.15) is 12.4 Å². The average Bonchev–Trinajstić information content (AvgIpc) is 2.54. The largest absolute Gasteiger partial charge is 0.492 e. The Balaban J connectivity index is 1.77. The maximum absolute atomic E-state index is 9.29. The van der Waals surface area contributed by atoms with E-state index in [1.54, 1.807) is 0 Å². The molecule has 2 rings (SSSR count). The van der Waals surface area contributed by atoms with Crippen molar-refractivity contribution >= 4 is 0 Å². The fraction of sp³-hybridized carbons (Fsp3) is 0.500. The number of hydrogen-bond donors (Lipinski definition) is 2. The molecular weight excluding hydrogens is 268 g/mol. The van der Waals surface area contributed by atoms with E-state index in [4.69, 9.17) is 15.2 Å². The van der Waals surface area contributed by atoms with Crippen molar-refractivity contribution in [3.63, 3.8) is 0 Å². The minimum atomic E-state index is 0.0799. The monoisotopic (exact) mass is 290 g/mol. The van der Waals surface area contributed by atoms with Crippen LogP contribution in [0.3, 0.4) is 0 Å². The van der Waals surface area contributed by atoms with Crippen molar-refractivity contribution in [3.8, 4) is 17.6 Å². The van der Waals surface area contributed by atoms with E-state index in [-0.39, 0.29) is 12.6 Å². The van der Waals surface area contributed by atoms with Crippen molar-refractivity contribution in [1.82, 2.24) is 4.90 Å². The summed E-state index contributed by atoms with van der Waals surface area (Å²) in [4.78, 5) is 2.20. The summed E-state index contributed by atoms with van der Waals surface area (Å²) < 4.78 is 11.1. The van der Waals surface area contributed by atoms with E-state index in [0.29, 0.717) is 26.4 Å². The predicted molar refractivity (Wildman–Crippen MR) is 81.1 cm³/mol. The first-order valence-electron chi connectivity index (χ1n) is 7.18. The van der Waals surface area contributed by atoms with Crippen LogP contribution in [0.1, 0.15) is 5.56 Å². The molecule has 0 radical (unpaired) electrons. The van der Waals surface area contributed by atoms with E-state index in [1.165, 1.54) is 0 Å². The molecule has 1 aliphatic heterocycles. The molecule has 1 atom stereocenters. The highest BCUT2D eigenvalue weighted by molar-refractivity contribution is 5.38. The quantitative estimate of drug-likeness (QED) is 0.751. The molecule has 1 aromatic carbocycles. The van der Waals surface area contributed by atoms with Crippen LogP contribution in [0.15, 0.2) is 24.3 Å². The Labute approximate surface area is 125 Å². The molecule has 1 unspecified atom stereocenters. The Hall–Kier alpha value is -1.58. The van der Waals surface area contributed by atoms with Crippen LogP contribution < -0.4 is 10.5 Å². The number of benzene rings is 1. The number of morpholine rings is 1. The van der Waals surface area contributed by atoms with Crippen LogP contribution in [0.4, 0.5) is 0 Å². The highest BCUT2D eigenvalue weighted by Crippen LogP contribution is 2.12. The molecule has 0 bridgehead atoms. The van der Waals surface area contributed by atoms with Gasteiger partial charge < -0.3 is 20.3 Å². The molecule has 114 valence electrons. The van der Waals surface area contributed by atoms with Crippen molar-refractivity contribution in [2.24, 2.45) is 5.73 Å². The predicted octanol–water partition coefficient (Wildman–Crippen LogP) is 0.0687. The lowest BCUT2D eigenvalue weighted by atomic mass is 10.2. The second-order valence-corrected chi connectivity index (χ2v) is 4.83. The van der Waals surface area contributed by atoms with E-state index in [9.17, 15) is 5.11 Å². The Morgan fingerprint density at radius 1 is 1.38 bits per heavy atom. The van der Waals surface area contributed by atoms with Gasteiger partial charge in [0.2, 0.25) is 0 Å². The van der Waals surface area contributed by atoms with Crippen molar-refractivity contribution in [3.05, 3.63) is 29.8 Å². The van der Waals surface area contributed by atoms with Gasteiger partial charge in [-0.2, -0.15) is 0 Å². The van der Waals surface area contributed by atoms with E-state index in [2.05, 4.69) is 16.7 Å². The second-order valence-electron chi connectivity index (χ2n) is 4.83. The van der Waals surface area contributed by atoms with Crippen molar-refractivity contribution in [1.29, 1.82) is 0 Å². The Kier molecular flexibility index (Phi) is 6.51. The fourth-order valence-electron chi connectivity index (χ4n) is 2.22. The first kappa shape index (κ1) is 15.8. The summed E-state index contributed by atoms with van der Waals surface area (Å²) in [6.07, 6.45) is 0. The van der Waals surface area contributed by atoms with Gasteiger partial charge in [-0.3, -0.25) is 4.90 Å². The summed E-state index contributed by atoms with van der Waals surface area (Å²) in [5.41, 5.74) is 6.27. The molecule has 0 amide bonds. The summed E-state index contributed by atoms with van der Waals surface area (Å²) >= 11 is 0.